The first-order valence-corrected chi connectivity index (χ1v) is 4.31. The van der Waals surface area contributed by atoms with E-state index in [0.29, 0.717) is 0 Å². The number of benzene rings is 1. The highest BCUT2D eigenvalue weighted by Gasteiger charge is 2.08. The van der Waals surface area contributed by atoms with Crippen molar-refractivity contribution in [2.75, 3.05) is 6.61 Å². The molecule has 0 amide bonds. The van der Waals surface area contributed by atoms with Gasteiger partial charge in [0, 0.05) is 6.07 Å². The Morgan fingerprint density at radius 1 is 1.25 bits per heavy atom. The molecule has 1 N–H and O–H groups in total. The molecule has 64 valence electrons. The van der Waals surface area contributed by atoms with Crippen molar-refractivity contribution in [2.24, 2.45) is 0 Å². The fourth-order valence-corrected chi connectivity index (χ4v) is 1.48. The lowest BCUT2D eigenvalue weighted by Crippen LogP contribution is -1.94. The number of rotatable bonds is 0. The van der Waals surface area contributed by atoms with Crippen molar-refractivity contribution in [3.63, 3.8) is 0 Å². The number of hydrogen-bond donors (Lipinski definition) is 1. The van der Waals surface area contributed by atoms with Crippen LogP contribution in [0.5, 0.6) is 11.5 Å². The van der Waals surface area contributed by atoms with Gasteiger partial charge in [0.25, 0.3) is 0 Å². The van der Waals surface area contributed by atoms with E-state index >= 15 is 0 Å². The minimum absolute atomic E-state index is 0.288. The third kappa shape index (κ3) is 1.37. The van der Waals surface area contributed by atoms with Crippen LogP contribution in [0.4, 0.5) is 0 Å². The number of phenolic OH excluding ortho intramolecular Hbond substituents is 1. The van der Waals surface area contributed by atoms with Gasteiger partial charge in [-0.2, -0.15) is 0 Å². The highest BCUT2D eigenvalue weighted by molar-refractivity contribution is 5.40. The van der Waals surface area contributed by atoms with Crippen molar-refractivity contribution in [1.82, 2.24) is 0 Å². The Morgan fingerprint density at radius 2 is 2.17 bits per heavy atom. The zero-order valence-electron chi connectivity index (χ0n) is 6.92. The molecular formula is C10H12O2. The zero-order valence-corrected chi connectivity index (χ0v) is 6.92. The number of fused-ring (bicyclic) bond motifs is 1. The molecule has 1 aromatic rings. The van der Waals surface area contributed by atoms with E-state index in [4.69, 9.17) is 4.74 Å². The molecule has 0 fully saturated rings. The fraction of sp³-hybridized carbons (Fsp3) is 0.400. The molecule has 1 aromatic carbocycles. The highest BCUT2D eigenvalue weighted by Crippen LogP contribution is 2.27. The van der Waals surface area contributed by atoms with Gasteiger partial charge in [-0.1, -0.05) is 6.07 Å². The summed E-state index contributed by atoms with van der Waals surface area (Å²) in [7, 11) is 0. The normalized spacial score (nSPS) is 16.0. The van der Waals surface area contributed by atoms with Crippen LogP contribution in [-0.4, -0.2) is 11.7 Å². The Hall–Kier alpha value is -1.18. The maximum Gasteiger partial charge on any atom is 0.126 e. The molecule has 0 aliphatic carbocycles. The van der Waals surface area contributed by atoms with E-state index < -0.39 is 0 Å². The second kappa shape index (κ2) is 3.05. The smallest absolute Gasteiger partial charge is 0.126 e. The lowest BCUT2D eigenvalue weighted by atomic mass is 10.1. The summed E-state index contributed by atoms with van der Waals surface area (Å²) in [5.74, 6) is 1.14. The van der Waals surface area contributed by atoms with Crippen LogP contribution in [-0.2, 0) is 6.42 Å². The average molecular weight is 164 g/mol. The predicted molar refractivity (Wildman–Crippen MR) is 46.5 cm³/mol. The van der Waals surface area contributed by atoms with Crippen LogP contribution in [0.25, 0.3) is 0 Å². The number of aromatic hydroxyl groups is 1. The largest absolute Gasteiger partial charge is 0.508 e. The molecule has 0 saturated carbocycles. The van der Waals surface area contributed by atoms with Gasteiger partial charge >= 0.3 is 0 Å². The topological polar surface area (TPSA) is 29.5 Å². The number of hydrogen-bond acceptors (Lipinski definition) is 2. The second-order valence-electron chi connectivity index (χ2n) is 3.10. The minimum atomic E-state index is 0.288. The van der Waals surface area contributed by atoms with Crippen LogP contribution in [0.3, 0.4) is 0 Å². The van der Waals surface area contributed by atoms with Gasteiger partial charge in [-0.25, -0.2) is 0 Å². The van der Waals surface area contributed by atoms with Crippen LogP contribution >= 0.6 is 0 Å². The Balaban J connectivity index is 2.36. The molecule has 0 unspecified atom stereocenters. The van der Waals surface area contributed by atoms with Crippen LogP contribution in [0.2, 0.25) is 0 Å². The zero-order chi connectivity index (χ0) is 8.39. The first-order chi connectivity index (χ1) is 5.86. The first-order valence-electron chi connectivity index (χ1n) is 4.31. The van der Waals surface area contributed by atoms with Crippen molar-refractivity contribution in [3.8, 4) is 11.5 Å². The van der Waals surface area contributed by atoms with Gasteiger partial charge < -0.3 is 9.84 Å². The maximum atomic E-state index is 9.20. The first kappa shape index (κ1) is 7.47. The minimum Gasteiger partial charge on any atom is -0.508 e. The number of ether oxygens (including phenoxy) is 1. The molecule has 0 aromatic heterocycles. The molecule has 0 radical (unpaired) electrons. The van der Waals surface area contributed by atoms with Crippen molar-refractivity contribution < 1.29 is 9.84 Å². The quantitative estimate of drug-likeness (QED) is 0.636. The molecule has 1 aliphatic heterocycles. The van der Waals surface area contributed by atoms with E-state index in [9.17, 15) is 5.11 Å². The lowest BCUT2D eigenvalue weighted by molar-refractivity contribution is 0.315. The van der Waals surface area contributed by atoms with Crippen molar-refractivity contribution >= 4 is 0 Å². The van der Waals surface area contributed by atoms with Crippen LogP contribution < -0.4 is 4.74 Å². The third-order valence-corrected chi connectivity index (χ3v) is 2.15. The van der Waals surface area contributed by atoms with E-state index in [0.717, 1.165) is 25.2 Å². The summed E-state index contributed by atoms with van der Waals surface area (Å²) in [5, 5.41) is 9.20. The molecular weight excluding hydrogens is 152 g/mol. The summed E-state index contributed by atoms with van der Waals surface area (Å²) in [6, 6.07) is 5.35. The van der Waals surface area contributed by atoms with E-state index in [-0.39, 0.29) is 5.75 Å². The van der Waals surface area contributed by atoms with E-state index in [1.165, 1.54) is 12.0 Å². The summed E-state index contributed by atoms with van der Waals surface area (Å²) in [6.07, 6.45) is 3.35. The van der Waals surface area contributed by atoms with Gasteiger partial charge in [0.15, 0.2) is 0 Å². The predicted octanol–water partition coefficient (Wildman–Crippen LogP) is 2.11. The molecule has 0 saturated heterocycles. The Kier molecular flexibility index (Phi) is 1.90. The van der Waals surface area contributed by atoms with Crippen molar-refractivity contribution in [1.29, 1.82) is 0 Å². The fourth-order valence-electron chi connectivity index (χ4n) is 1.48. The van der Waals surface area contributed by atoms with Crippen LogP contribution in [0, 0.1) is 0 Å². The molecule has 2 rings (SSSR count). The standard InChI is InChI=1S/C10H12O2/c11-9-5-4-8-3-1-2-6-12-10(8)7-9/h4-5,7,11H,1-3,6H2. The van der Waals surface area contributed by atoms with E-state index in [1.54, 1.807) is 12.1 Å². The van der Waals surface area contributed by atoms with Crippen LogP contribution in [0.15, 0.2) is 18.2 Å². The van der Waals surface area contributed by atoms with Gasteiger partial charge in [0.1, 0.15) is 11.5 Å². The Bertz CT molecular complexity index is 281. The molecule has 0 atom stereocenters. The summed E-state index contributed by atoms with van der Waals surface area (Å²) < 4.78 is 5.47. The molecule has 12 heavy (non-hydrogen) atoms. The van der Waals surface area contributed by atoms with Gasteiger partial charge in [-0.05, 0) is 30.9 Å². The number of phenols is 1. The summed E-state index contributed by atoms with van der Waals surface area (Å²) in [5.41, 5.74) is 1.21. The lowest BCUT2D eigenvalue weighted by Gasteiger charge is -2.06. The van der Waals surface area contributed by atoms with Crippen molar-refractivity contribution in [2.45, 2.75) is 19.3 Å². The summed E-state index contributed by atoms with van der Waals surface area (Å²) >= 11 is 0. The van der Waals surface area contributed by atoms with E-state index in [1.807, 2.05) is 6.07 Å². The second-order valence-corrected chi connectivity index (χ2v) is 3.10. The molecule has 0 bridgehead atoms. The van der Waals surface area contributed by atoms with Gasteiger partial charge in [-0.15, -0.1) is 0 Å². The maximum absolute atomic E-state index is 9.20. The molecule has 2 heteroatoms. The van der Waals surface area contributed by atoms with Gasteiger partial charge in [-0.3, -0.25) is 0 Å². The highest BCUT2D eigenvalue weighted by atomic mass is 16.5. The Labute approximate surface area is 71.8 Å². The summed E-state index contributed by atoms with van der Waals surface area (Å²) in [6.45, 7) is 0.774. The number of aryl methyl sites for hydroxylation is 1. The van der Waals surface area contributed by atoms with E-state index in [2.05, 4.69) is 0 Å². The third-order valence-electron chi connectivity index (χ3n) is 2.15. The molecule has 2 nitrogen and oxygen atoms in total. The monoisotopic (exact) mass is 164 g/mol. The van der Waals surface area contributed by atoms with Crippen molar-refractivity contribution in [3.05, 3.63) is 23.8 Å². The average Bonchev–Trinajstić information content (AvgIpc) is 2.28. The van der Waals surface area contributed by atoms with Gasteiger partial charge in [0.05, 0.1) is 6.61 Å². The molecule has 1 heterocycles. The SMILES string of the molecule is Oc1ccc2c(c1)OCCCC2. The molecule has 1 aliphatic rings. The Morgan fingerprint density at radius 3 is 3.08 bits per heavy atom. The van der Waals surface area contributed by atoms with Crippen LogP contribution in [0.1, 0.15) is 18.4 Å². The van der Waals surface area contributed by atoms with Gasteiger partial charge in [0.2, 0.25) is 0 Å². The summed E-state index contributed by atoms with van der Waals surface area (Å²) in [4.78, 5) is 0. The molecule has 0 spiro atoms.